The SMILES string of the molecule is Cc1csc(C(C)N=C2NC3(CCCC(C)C3)CS2)n1. The van der Waals surface area contributed by atoms with Gasteiger partial charge in [-0.15, -0.1) is 11.3 Å². The Labute approximate surface area is 129 Å². The van der Waals surface area contributed by atoms with Crippen molar-refractivity contribution in [1.29, 1.82) is 0 Å². The van der Waals surface area contributed by atoms with Crippen molar-refractivity contribution in [3.63, 3.8) is 0 Å². The molecule has 1 spiro atoms. The predicted octanol–water partition coefficient (Wildman–Crippen LogP) is 4.15. The molecule has 0 bridgehead atoms. The van der Waals surface area contributed by atoms with Gasteiger partial charge >= 0.3 is 0 Å². The van der Waals surface area contributed by atoms with Gasteiger partial charge in [-0.25, -0.2) is 4.98 Å². The molecular weight excluding hydrogens is 286 g/mol. The summed E-state index contributed by atoms with van der Waals surface area (Å²) in [5.74, 6) is 2.02. The zero-order chi connectivity index (χ0) is 14.2. The van der Waals surface area contributed by atoms with Gasteiger partial charge < -0.3 is 5.32 Å². The summed E-state index contributed by atoms with van der Waals surface area (Å²) in [7, 11) is 0. The first kappa shape index (κ1) is 14.4. The molecule has 0 aromatic carbocycles. The van der Waals surface area contributed by atoms with Crippen LogP contribution in [0.2, 0.25) is 0 Å². The largest absolute Gasteiger partial charge is 0.359 e. The van der Waals surface area contributed by atoms with Crippen LogP contribution in [0.4, 0.5) is 0 Å². The van der Waals surface area contributed by atoms with Crippen LogP contribution in [0.25, 0.3) is 0 Å². The summed E-state index contributed by atoms with van der Waals surface area (Å²) in [4.78, 5) is 9.39. The summed E-state index contributed by atoms with van der Waals surface area (Å²) in [5.41, 5.74) is 1.42. The second kappa shape index (κ2) is 5.68. The fourth-order valence-electron chi connectivity index (χ4n) is 3.27. The Morgan fingerprint density at radius 2 is 2.40 bits per heavy atom. The Balaban J connectivity index is 1.68. The Morgan fingerprint density at radius 3 is 3.10 bits per heavy atom. The maximum absolute atomic E-state index is 4.85. The van der Waals surface area contributed by atoms with Crippen LogP contribution in [-0.2, 0) is 0 Å². The second-order valence-corrected chi connectivity index (χ2v) is 8.19. The van der Waals surface area contributed by atoms with Crippen molar-refractivity contribution in [3.8, 4) is 0 Å². The van der Waals surface area contributed by atoms with Crippen molar-refractivity contribution >= 4 is 28.3 Å². The molecule has 2 fully saturated rings. The van der Waals surface area contributed by atoms with Crippen LogP contribution in [0, 0.1) is 12.8 Å². The Bertz CT molecular complexity index is 511. The maximum Gasteiger partial charge on any atom is 0.157 e. The van der Waals surface area contributed by atoms with Crippen molar-refractivity contribution in [2.75, 3.05) is 5.75 Å². The molecule has 1 aromatic rings. The van der Waals surface area contributed by atoms with Crippen LogP contribution in [-0.4, -0.2) is 21.4 Å². The third-order valence-corrected chi connectivity index (χ3v) is 6.56. The highest BCUT2D eigenvalue weighted by Gasteiger charge is 2.40. The molecule has 5 heteroatoms. The first-order chi connectivity index (χ1) is 9.56. The highest BCUT2D eigenvalue weighted by Crippen LogP contribution is 2.39. The lowest BCUT2D eigenvalue weighted by molar-refractivity contribution is 0.242. The van der Waals surface area contributed by atoms with Gasteiger partial charge in [-0.05, 0) is 32.6 Å². The van der Waals surface area contributed by atoms with Gasteiger partial charge in [-0.1, -0.05) is 31.5 Å². The van der Waals surface area contributed by atoms with E-state index in [1.165, 1.54) is 31.4 Å². The molecule has 0 amide bonds. The predicted molar refractivity (Wildman–Crippen MR) is 88.7 cm³/mol. The molecule has 3 rings (SSSR count). The molecular formula is C15H23N3S2. The number of amidine groups is 1. The molecule has 2 heterocycles. The molecule has 3 nitrogen and oxygen atoms in total. The second-order valence-electron chi connectivity index (χ2n) is 6.33. The van der Waals surface area contributed by atoms with Crippen molar-refractivity contribution in [3.05, 3.63) is 16.1 Å². The Morgan fingerprint density at radius 1 is 1.55 bits per heavy atom. The van der Waals surface area contributed by atoms with E-state index in [0.29, 0.717) is 5.54 Å². The number of hydrogen-bond donors (Lipinski definition) is 1. The molecule has 1 saturated heterocycles. The van der Waals surface area contributed by atoms with Crippen LogP contribution < -0.4 is 5.32 Å². The quantitative estimate of drug-likeness (QED) is 0.891. The lowest BCUT2D eigenvalue weighted by atomic mass is 9.78. The highest BCUT2D eigenvalue weighted by molar-refractivity contribution is 8.14. The molecule has 0 radical (unpaired) electrons. The number of aryl methyl sites for hydroxylation is 1. The fraction of sp³-hybridized carbons (Fsp3) is 0.733. The van der Waals surface area contributed by atoms with Crippen molar-refractivity contribution in [2.24, 2.45) is 10.9 Å². The summed E-state index contributed by atoms with van der Waals surface area (Å²) in [6, 6.07) is 0.167. The van der Waals surface area contributed by atoms with Gasteiger partial charge in [-0.2, -0.15) is 0 Å². The average molecular weight is 310 g/mol. The molecule has 110 valence electrons. The van der Waals surface area contributed by atoms with Crippen LogP contribution in [0.3, 0.4) is 0 Å². The Hall–Kier alpha value is -0.550. The number of thioether (sulfide) groups is 1. The number of nitrogens with one attached hydrogen (secondary N) is 1. The molecule has 1 aromatic heterocycles. The molecule has 20 heavy (non-hydrogen) atoms. The van der Waals surface area contributed by atoms with Gasteiger partial charge in [-0.3, -0.25) is 4.99 Å². The zero-order valence-electron chi connectivity index (χ0n) is 12.5. The third-order valence-electron chi connectivity index (χ3n) is 4.25. The first-order valence-electron chi connectivity index (χ1n) is 7.47. The van der Waals surface area contributed by atoms with E-state index in [1.807, 2.05) is 18.7 Å². The highest BCUT2D eigenvalue weighted by atomic mass is 32.2. The topological polar surface area (TPSA) is 37.3 Å². The number of thiazole rings is 1. The van der Waals surface area contributed by atoms with Gasteiger partial charge in [0.25, 0.3) is 0 Å². The van der Waals surface area contributed by atoms with Gasteiger partial charge in [0.05, 0.1) is 0 Å². The van der Waals surface area contributed by atoms with E-state index in [0.717, 1.165) is 21.8 Å². The zero-order valence-corrected chi connectivity index (χ0v) is 14.1. The van der Waals surface area contributed by atoms with E-state index in [-0.39, 0.29) is 6.04 Å². The number of rotatable bonds is 2. The summed E-state index contributed by atoms with van der Waals surface area (Å²) in [6.45, 7) is 6.56. The number of aromatic nitrogens is 1. The third kappa shape index (κ3) is 3.03. The fourth-order valence-corrected chi connectivity index (χ4v) is 5.33. The summed E-state index contributed by atoms with van der Waals surface area (Å²) in [5, 5.41) is 8.08. The molecule has 3 unspecified atom stereocenters. The van der Waals surface area contributed by atoms with Crippen LogP contribution in [0.5, 0.6) is 0 Å². The Kier molecular flexibility index (Phi) is 4.09. The molecule has 1 aliphatic heterocycles. The number of hydrogen-bond acceptors (Lipinski definition) is 4. The van der Waals surface area contributed by atoms with Gasteiger partial charge in [0, 0.05) is 22.4 Å². The smallest absolute Gasteiger partial charge is 0.157 e. The normalized spacial score (nSPS) is 33.5. The van der Waals surface area contributed by atoms with E-state index in [9.17, 15) is 0 Å². The molecule has 1 N–H and O–H groups in total. The van der Waals surface area contributed by atoms with Crippen molar-refractivity contribution in [1.82, 2.24) is 10.3 Å². The van der Waals surface area contributed by atoms with Crippen molar-refractivity contribution in [2.45, 2.75) is 58.0 Å². The van der Waals surface area contributed by atoms with E-state index in [2.05, 4.69) is 29.5 Å². The van der Waals surface area contributed by atoms with Gasteiger partial charge in [0.15, 0.2) is 5.17 Å². The van der Waals surface area contributed by atoms with Gasteiger partial charge in [0.1, 0.15) is 11.0 Å². The standard InChI is InChI=1S/C15H23N3S2/c1-10-5-4-6-15(7-10)9-20-14(18-15)17-12(3)13-16-11(2)8-19-13/h8,10,12H,4-7,9H2,1-3H3,(H,17,18). The van der Waals surface area contributed by atoms with Crippen LogP contribution in [0.15, 0.2) is 10.4 Å². The van der Waals surface area contributed by atoms with Gasteiger partial charge in [0.2, 0.25) is 0 Å². The molecule has 2 aliphatic rings. The van der Waals surface area contributed by atoms with Crippen molar-refractivity contribution < 1.29 is 0 Å². The monoisotopic (exact) mass is 309 g/mol. The average Bonchev–Trinajstić information content (AvgIpc) is 2.97. The van der Waals surface area contributed by atoms with E-state index >= 15 is 0 Å². The van der Waals surface area contributed by atoms with E-state index in [1.54, 1.807) is 11.3 Å². The maximum atomic E-state index is 4.85. The summed E-state index contributed by atoms with van der Waals surface area (Å²) in [6.07, 6.45) is 5.33. The minimum absolute atomic E-state index is 0.167. The minimum atomic E-state index is 0.167. The lowest BCUT2D eigenvalue weighted by Gasteiger charge is -2.36. The lowest BCUT2D eigenvalue weighted by Crippen LogP contribution is -2.47. The van der Waals surface area contributed by atoms with Crippen LogP contribution in [0.1, 0.15) is 56.3 Å². The number of aliphatic imine (C=N–C) groups is 1. The van der Waals surface area contributed by atoms with E-state index < -0.39 is 0 Å². The molecule has 3 atom stereocenters. The molecule has 1 aliphatic carbocycles. The first-order valence-corrected chi connectivity index (χ1v) is 9.34. The van der Waals surface area contributed by atoms with E-state index in [4.69, 9.17) is 4.99 Å². The molecule has 1 saturated carbocycles. The minimum Gasteiger partial charge on any atom is -0.359 e. The summed E-state index contributed by atoms with van der Waals surface area (Å²) < 4.78 is 0. The van der Waals surface area contributed by atoms with Crippen LogP contribution >= 0.6 is 23.1 Å². The number of nitrogens with zero attached hydrogens (tertiary/aromatic N) is 2. The summed E-state index contributed by atoms with van der Waals surface area (Å²) >= 11 is 3.61.